The topological polar surface area (TPSA) is 55.1 Å². The summed E-state index contributed by atoms with van der Waals surface area (Å²) in [6, 6.07) is 0. The molecule has 1 fully saturated rings. The number of alkyl halides is 3. The fourth-order valence-corrected chi connectivity index (χ4v) is 2.79. The Hall–Kier alpha value is -0.430. The molecular formula is C12H21F3N2OS. The summed E-state index contributed by atoms with van der Waals surface area (Å²) in [5.41, 5.74) is 0.899. The molecule has 3 nitrogen and oxygen atoms in total. The van der Waals surface area contributed by atoms with Crippen molar-refractivity contribution in [2.24, 2.45) is 17.1 Å². The van der Waals surface area contributed by atoms with Crippen LogP contribution in [0.1, 0.15) is 32.6 Å². The second kappa shape index (κ2) is 6.83. The minimum absolute atomic E-state index is 0.0281. The predicted molar refractivity (Wildman–Crippen MR) is 70.6 cm³/mol. The molecular weight excluding hydrogens is 277 g/mol. The molecule has 0 spiro atoms. The Bertz CT molecular complexity index is 302. The number of rotatable bonds is 5. The van der Waals surface area contributed by atoms with Crippen molar-refractivity contribution in [3.8, 4) is 0 Å². The summed E-state index contributed by atoms with van der Waals surface area (Å²) in [6.07, 6.45) is 3.34. The van der Waals surface area contributed by atoms with E-state index in [1.807, 2.05) is 0 Å². The molecule has 1 aliphatic carbocycles. The molecule has 1 saturated carbocycles. The second-order valence-corrected chi connectivity index (χ2v) is 6.38. The van der Waals surface area contributed by atoms with Crippen LogP contribution in [0.15, 0.2) is 0 Å². The summed E-state index contributed by atoms with van der Waals surface area (Å²) in [5, 5.41) is 2.59. The van der Waals surface area contributed by atoms with Gasteiger partial charge in [0.2, 0.25) is 5.91 Å². The quantitative estimate of drug-likeness (QED) is 0.767. The first-order valence-corrected chi connectivity index (χ1v) is 7.47. The van der Waals surface area contributed by atoms with Gasteiger partial charge in [-0.15, -0.1) is 0 Å². The lowest BCUT2D eigenvalue weighted by atomic mass is 9.70. The molecule has 112 valence electrons. The van der Waals surface area contributed by atoms with Crippen LogP contribution in [-0.2, 0) is 4.79 Å². The van der Waals surface area contributed by atoms with Crippen LogP contribution in [0.4, 0.5) is 13.2 Å². The van der Waals surface area contributed by atoms with Crippen LogP contribution in [0.5, 0.6) is 0 Å². The lowest BCUT2D eigenvalue weighted by Crippen LogP contribution is -2.48. The first kappa shape index (κ1) is 16.6. The number of hydrogen-bond acceptors (Lipinski definition) is 3. The van der Waals surface area contributed by atoms with E-state index in [-0.39, 0.29) is 36.5 Å². The average molecular weight is 298 g/mol. The molecule has 3 N–H and O–H groups in total. The Morgan fingerprint density at radius 2 is 2.00 bits per heavy atom. The van der Waals surface area contributed by atoms with Crippen molar-refractivity contribution in [3.63, 3.8) is 0 Å². The van der Waals surface area contributed by atoms with Gasteiger partial charge < -0.3 is 11.1 Å². The lowest BCUT2D eigenvalue weighted by Gasteiger charge is -2.37. The number of halogens is 3. The predicted octanol–water partition coefficient (Wildman–Crippen LogP) is 2.51. The van der Waals surface area contributed by atoms with Crippen molar-refractivity contribution in [3.05, 3.63) is 0 Å². The first-order valence-electron chi connectivity index (χ1n) is 6.48. The van der Waals surface area contributed by atoms with Crippen molar-refractivity contribution in [1.82, 2.24) is 5.32 Å². The van der Waals surface area contributed by atoms with Crippen LogP contribution < -0.4 is 11.1 Å². The van der Waals surface area contributed by atoms with Crippen LogP contribution >= 0.6 is 11.8 Å². The molecule has 7 heteroatoms. The number of nitrogens with one attached hydrogen (secondary N) is 1. The van der Waals surface area contributed by atoms with Crippen molar-refractivity contribution in [2.45, 2.75) is 38.1 Å². The summed E-state index contributed by atoms with van der Waals surface area (Å²) >= 11 is -0.117. The molecule has 0 saturated heterocycles. The fraction of sp³-hybridized carbons (Fsp3) is 0.917. The van der Waals surface area contributed by atoms with E-state index in [2.05, 4.69) is 12.2 Å². The molecule has 1 amide bonds. The van der Waals surface area contributed by atoms with E-state index in [0.717, 1.165) is 25.7 Å². The molecule has 1 aliphatic rings. The van der Waals surface area contributed by atoms with E-state index >= 15 is 0 Å². The SMILES string of the molecule is CC1CCC(CN)(C(=O)NCCSC(F)(F)F)CC1. The van der Waals surface area contributed by atoms with Crippen LogP contribution in [-0.4, -0.2) is 30.3 Å². The Kier molecular flexibility index (Phi) is 5.98. The summed E-state index contributed by atoms with van der Waals surface area (Å²) in [7, 11) is 0. The standard InChI is InChI=1S/C12H21F3N2OS/c1-9-2-4-11(8-16,5-3-9)10(18)17-6-7-19-12(13,14)15/h9H,2-8,16H2,1H3,(H,17,18). The highest BCUT2D eigenvalue weighted by Crippen LogP contribution is 2.38. The van der Waals surface area contributed by atoms with Gasteiger partial charge in [0.15, 0.2) is 0 Å². The van der Waals surface area contributed by atoms with Crippen molar-refractivity contribution >= 4 is 17.7 Å². The average Bonchev–Trinajstić information content (AvgIpc) is 2.34. The molecule has 0 radical (unpaired) electrons. The van der Waals surface area contributed by atoms with E-state index in [4.69, 9.17) is 5.73 Å². The van der Waals surface area contributed by atoms with Crippen LogP contribution in [0, 0.1) is 11.3 Å². The monoisotopic (exact) mass is 298 g/mol. The van der Waals surface area contributed by atoms with Crippen LogP contribution in [0.25, 0.3) is 0 Å². The Morgan fingerprint density at radius 1 is 1.42 bits per heavy atom. The number of nitrogens with two attached hydrogens (primary N) is 1. The van der Waals surface area contributed by atoms with Gasteiger partial charge in [-0.1, -0.05) is 6.92 Å². The molecule has 0 heterocycles. The van der Waals surface area contributed by atoms with Gasteiger partial charge in [0, 0.05) is 18.8 Å². The van der Waals surface area contributed by atoms with E-state index in [1.165, 1.54) is 0 Å². The van der Waals surface area contributed by atoms with Gasteiger partial charge >= 0.3 is 5.51 Å². The van der Waals surface area contributed by atoms with Crippen molar-refractivity contribution in [1.29, 1.82) is 0 Å². The number of hydrogen-bond donors (Lipinski definition) is 2. The molecule has 0 unspecified atom stereocenters. The third kappa shape index (κ3) is 5.22. The highest BCUT2D eigenvalue weighted by molar-refractivity contribution is 8.00. The maximum absolute atomic E-state index is 12.1. The van der Waals surface area contributed by atoms with Gasteiger partial charge in [0.05, 0.1) is 5.41 Å². The highest BCUT2D eigenvalue weighted by atomic mass is 32.2. The van der Waals surface area contributed by atoms with E-state index in [1.54, 1.807) is 0 Å². The number of carbonyl (C=O) groups excluding carboxylic acids is 1. The fourth-order valence-electron chi connectivity index (χ4n) is 2.36. The van der Waals surface area contributed by atoms with E-state index in [0.29, 0.717) is 5.92 Å². The molecule has 19 heavy (non-hydrogen) atoms. The molecule has 0 aromatic heterocycles. The van der Waals surface area contributed by atoms with Crippen molar-refractivity contribution in [2.75, 3.05) is 18.8 Å². The summed E-state index contributed by atoms with van der Waals surface area (Å²) in [5.74, 6) is 0.240. The summed E-state index contributed by atoms with van der Waals surface area (Å²) in [4.78, 5) is 12.1. The van der Waals surface area contributed by atoms with Gasteiger partial charge in [-0.3, -0.25) is 4.79 Å². The molecule has 1 rings (SSSR count). The molecule has 0 aromatic carbocycles. The highest BCUT2D eigenvalue weighted by Gasteiger charge is 2.39. The van der Waals surface area contributed by atoms with Crippen LogP contribution in [0.2, 0.25) is 0 Å². The minimum atomic E-state index is -4.24. The number of thioether (sulfide) groups is 1. The second-order valence-electron chi connectivity index (χ2n) is 5.22. The third-order valence-corrected chi connectivity index (χ3v) is 4.49. The molecule has 0 aromatic rings. The Labute approximate surface area is 115 Å². The van der Waals surface area contributed by atoms with E-state index < -0.39 is 10.9 Å². The van der Waals surface area contributed by atoms with Gasteiger partial charge in [0.25, 0.3) is 0 Å². The van der Waals surface area contributed by atoms with Gasteiger partial charge in [-0.05, 0) is 43.4 Å². The van der Waals surface area contributed by atoms with Gasteiger partial charge in [-0.2, -0.15) is 13.2 Å². The van der Waals surface area contributed by atoms with E-state index in [9.17, 15) is 18.0 Å². The zero-order chi connectivity index (χ0) is 14.5. The van der Waals surface area contributed by atoms with Crippen LogP contribution in [0.3, 0.4) is 0 Å². The maximum Gasteiger partial charge on any atom is 0.441 e. The molecule has 0 aliphatic heterocycles. The zero-order valence-corrected chi connectivity index (χ0v) is 11.9. The summed E-state index contributed by atoms with van der Waals surface area (Å²) in [6.45, 7) is 2.43. The smallest absolute Gasteiger partial charge is 0.355 e. The van der Waals surface area contributed by atoms with Gasteiger partial charge in [-0.25, -0.2) is 0 Å². The third-order valence-electron chi connectivity index (χ3n) is 3.76. The Balaban J connectivity index is 2.38. The first-order chi connectivity index (χ1) is 8.79. The molecule has 0 bridgehead atoms. The normalized spacial score (nSPS) is 28.2. The summed E-state index contributed by atoms with van der Waals surface area (Å²) < 4.78 is 35.8. The number of carbonyl (C=O) groups is 1. The van der Waals surface area contributed by atoms with Crippen molar-refractivity contribution < 1.29 is 18.0 Å². The Morgan fingerprint density at radius 3 is 2.47 bits per heavy atom. The largest absolute Gasteiger partial charge is 0.441 e. The minimum Gasteiger partial charge on any atom is -0.355 e. The zero-order valence-electron chi connectivity index (χ0n) is 11.1. The lowest BCUT2D eigenvalue weighted by molar-refractivity contribution is -0.132. The molecule has 0 atom stereocenters. The maximum atomic E-state index is 12.1. The van der Waals surface area contributed by atoms with Gasteiger partial charge in [0.1, 0.15) is 0 Å². The number of amides is 1.